The summed E-state index contributed by atoms with van der Waals surface area (Å²) >= 11 is 12.7. The van der Waals surface area contributed by atoms with Gasteiger partial charge in [0, 0.05) is 35.0 Å². The SMILES string of the molecule is CN(Cc1cc(Cl)cc2c1OCC2)C1CCCCC1Cl. The quantitative estimate of drug-likeness (QED) is 0.773. The van der Waals surface area contributed by atoms with Crippen molar-refractivity contribution >= 4 is 23.2 Å². The second-order valence-corrected chi connectivity index (χ2v) is 6.93. The highest BCUT2D eigenvalue weighted by atomic mass is 35.5. The minimum atomic E-state index is 0.266. The van der Waals surface area contributed by atoms with Gasteiger partial charge in [-0.3, -0.25) is 4.90 Å². The van der Waals surface area contributed by atoms with Crippen LogP contribution >= 0.6 is 23.2 Å². The molecule has 2 atom stereocenters. The predicted molar refractivity (Wildman–Crippen MR) is 84.0 cm³/mol. The second-order valence-electron chi connectivity index (χ2n) is 5.93. The third-order valence-electron chi connectivity index (χ3n) is 4.46. The number of fused-ring (bicyclic) bond motifs is 1. The maximum atomic E-state index is 6.49. The van der Waals surface area contributed by atoms with E-state index >= 15 is 0 Å². The molecule has 2 nitrogen and oxygen atoms in total. The van der Waals surface area contributed by atoms with Crippen molar-refractivity contribution < 1.29 is 4.74 Å². The summed E-state index contributed by atoms with van der Waals surface area (Å²) in [5, 5.41) is 1.07. The Kier molecular flexibility index (Phi) is 4.44. The molecule has 1 aromatic rings. The number of hydrogen-bond donors (Lipinski definition) is 0. The fraction of sp³-hybridized carbons (Fsp3) is 0.625. The largest absolute Gasteiger partial charge is 0.493 e. The molecule has 1 aromatic carbocycles. The monoisotopic (exact) mass is 313 g/mol. The van der Waals surface area contributed by atoms with Crippen LogP contribution in [0, 0.1) is 0 Å². The first-order valence-corrected chi connectivity index (χ1v) is 8.25. The van der Waals surface area contributed by atoms with Crippen LogP contribution in [-0.4, -0.2) is 30.0 Å². The molecule has 1 heterocycles. The molecule has 0 amide bonds. The van der Waals surface area contributed by atoms with E-state index in [0.29, 0.717) is 6.04 Å². The lowest BCUT2D eigenvalue weighted by atomic mass is 9.93. The molecule has 2 unspecified atom stereocenters. The van der Waals surface area contributed by atoms with Gasteiger partial charge in [0.05, 0.1) is 6.61 Å². The van der Waals surface area contributed by atoms with Crippen molar-refractivity contribution in [3.63, 3.8) is 0 Å². The standard InChI is InChI=1S/C16H21Cl2NO/c1-19(15-5-3-2-4-14(15)18)10-12-9-13(17)8-11-6-7-20-16(11)12/h8-9,14-15H,2-7,10H2,1H3. The van der Waals surface area contributed by atoms with E-state index in [-0.39, 0.29) is 5.38 Å². The number of halogens is 2. The first-order chi connectivity index (χ1) is 9.65. The average Bonchev–Trinajstić information content (AvgIpc) is 2.87. The molecule has 1 aliphatic heterocycles. The summed E-state index contributed by atoms with van der Waals surface area (Å²) in [6.45, 7) is 1.63. The molecule has 4 heteroatoms. The molecule has 1 fully saturated rings. The number of hydrogen-bond acceptors (Lipinski definition) is 2. The van der Waals surface area contributed by atoms with Crippen molar-refractivity contribution in [2.24, 2.45) is 0 Å². The summed E-state index contributed by atoms with van der Waals surface area (Å²) in [5.74, 6) is 1.04. The lowest BCUT2D eigenvalue weighted by Gasteiger charge is -2.35. The van der Waals surface area contributed by atoms with Crippen LogP contribution in [0.1, 0.15) is 36.8 Å². The normalized spacial score (nSPS) is 25.6. The smallest absolute Gasteiger partial charge is 0.127 e. The number of alkyl halides is 1. The molecule has 1 aliphatic carbocycles. The molecule has 0 N–H and O–H groups in total. The zero-order chi connectivity index (χ0) is 14.1. The summed E-state index contributed by atoms with van der Waals surface area (Å²) in [6, 6.07) is 4.52. The maximum Gasteiger partial charge on any atom is 0.127 e. The lowest BCUT2D eigenvalue weighted by Crippen LogP contribution is -2.40. The molecule has 0 spiro atoms. The van der Waals surface area contributed by atoms with Gasteiger partial charge in [-0.2, -0.15) is 0 Å². The third kappa shape index (κ3) is 2.93. The molecule has 3 rings (SSSR count). The number of nitrogens with zero attached hydrogens (tertiary/aromatic N) is 1. The van der Waals surface area contributed by atoms with Crippen LogP contribution in [0.25, 0.3) is 0 Å². The molecule has 0 bridgehead atoms. The maximum absolute atomic E-state index is 6.49. The van der Waals surface area contributed by atoms with Crippen LogP contribution in [0.2, 0.25) is 5.02 Å². The lowest BCUT2D eigenvalue weighted by molar-refractivity contribution is 0.186. The van der Waals surface area contributed by atoms with E-state index in [1.807, 2.05) is 12.1 Å². The summed E-state index contributed by atoms with van der Waals surface area (Å²) in [4.78, 5) is 2.37. The Labute approximate surface area is 131 Å². The zero-order valence-corrected chi connectivity index (χ0v) is 13.4. The van der Waals surface area contributed by atoms with Gasteiger partial charge in [-0.05, 0) is 37.6 Å². The van der Waals surface area contributed by atoms with Crippen LogP contribution in [0.3, 0.4) is 0 Å². The van der Waals surface area contributed by atoms with Gasteiger partial charge in [-0.1, -0.05) is 24.4 Å². The van der Waals surface area contributed by atoms with Crippen molar-refractivity contribution in [3.05, 3.63) is 28.3 Å². The number of ether oxygens (including phenoxy) is 1. The topological polar surface area (TPSA) is 12.5 Å². The van der Waals surface area contributed by atoms with Crippen molar-refractivity contribution in [1.29, 1.82) is 0 Å². The van der Waals surface area contributed by atoms with E-state index < -0.39 is 0 Å². The van der Waals surface area contributed by atoms with Crippen LogP contribution in [0.5, 0.6) is 5.75 Å². The van der Waals surface area contributed by atoms with E-state index in [2.05, 4.69) is 11.9 Å². The number of benzene rings is 1. The van der Waals surface area contributed by atoms with E-state index in [0.717, 1.165) is 36.8 Å². The fourth-order valence-electron chi connectivity index (χ4n) is 3.41. The highest BCUT2D eigenvalue weighted by Crippen LogP contribution is 2.35. The molecule has 110 valence electrons. The van der Waals surface area contributed by atoms with Crippen LogP contribution in [0.4, 0.5) is 0 Å². The Morgan fingerprint density at radius 3 is 2.90 bits per heavy atom. The Hall–Kier alpha value is -0.440. The molecule has 0 aromatic heterocycles. The van der Waals surface area contributed by atoms with Gasteiger partial charge in [0.25, 0.3) is 0 Å². The Balaban J connectivity index is 1.77. The van der Waals surface area contributed by atoms with Crippen LogP contribution in [-0.2, 0) is 13.0 Å². The highest BCUT2D eigenvalue weighted by Gasteiger charge is 2.28. The highest BCUT2D eigenvalue weighted by molar-refractivity contribution is 6.30. The second kappa shape index (κ2) is 6.13. The summed E-state index contributed by atoms with van der Waals surface area (Å²) < 4.78 is 5.78. The first-order valence-electron chi connectivity index (χ1n) is 7.43. The van der Waals surface area contributed by atoms with E-state index in [9.17, 15) is 0 Å². The predicted octanol–water partition coefficient (Wildman–Crippen LogP) is 4.26. The minimum absolute atomic E-state index is 0.266. The Morgan fingerprint density at radius 2 is 2.10 bits per heavy atom. The van der Waals surface area contributed by atoms with Crippen molar-refractivity contribution in [2.75, 3.05) is 13.7 Å². The van der Waals surface area contributed by atoms with Gasteiger partial charge >= 0.3 is 0 Å². The average molecular weight is 314 g/mol. The van der Waals surface area contributed by atoms with Crippen molar-refractivity contribution in [1.82, 2.24) is 4.90 Å². The van der Waals surface area contributed by atoms with Crippen LogP contribution in [0.15, 0.2) is 12.1 Å². The van der Waals surface area contributed by atoms with E-state index in [4.69, 9.17) is 27.9 Å². The van der Waals surface area contributed by atoms with Crippen molar-refractivity contribution in [3.8, 4) is 5.75 Å². The van der Waals surface area contributed by atoms with Crippen molar-refractivity contribution in [2.45, 2.75) is 50.1 Å². The van der Waals surface area contributed by atoms with E-state index in [1.54, 1.807) is 0 Å². The molecule has 1 saturated carbocycles. The van der Waals surface area contributed by atoms with Gasteiger partial charge < -0.3 is 4.74 Å². The Morgan fingerprint density at radius 1 is 1.30 bits per heavy atom. The number of rotatable bonds is 3. The van der Waals surface area contributed by atoms with Gasteiger partial charge in [-0.15, -0.1) is 11.6 Å². The molecule has 2 aliphatic rings. The third-order valence-corrected chi connectivity index (χ3v) is 5.19. The van der Waals surface area contributed by atoms with Crippen LogP contribution < -0.4 is 4.74 Å². The first kappa shape index (κ1) is 14.5. The van der Waals surface area contributed by atoms with E-state index in [1.165, 1.54) is 30.4 Å². The molecule has 20 heavy (non-hydrogen) atoms. The van der Waals surface area contributed by atoms with Gasteiger partial charge in [0.2, 0.25) is 0 Å². The molecule has 0 saturated heterocycles. The van der Waals surface area contributed by atoms with Gasteiger partial charge in [0.15, 0.2) is 0 Å². The van der Waals surface area contributed by atoms with Gasteiger partial charge in [-0.25, -0.2) is 0 Å². The zero-order valence-electron chi connectivity index (χ0n) is 11.9. The van der Waals surface area contributed by atoms with Gasteiger partial charge in [0.1, 0.15) is 5.75 Å². The Bertz CT molecular complexity index is 492. The molecular formula is C16H21Cl2NO. The summed E-state index contributed by atoms with van der Waals surface area (Å²) in [6.07, 6.45) is 5.82. The fourth-order valence-corrected chi connectivity index (χ4v) is 4.15. The minimum Gasteiger partial charge on any atom is -0.493 e. The molecular weight excluding hydrogens is 293 g/mol. The molecule has 0 radical (unpaired) electrons. The summed E-state index contributed by atoms with van der Waals surface area (Å²) in [5.41, 5.74) is 2.44. The summed E-state index contributed by atoms with van der Waals surface area (Å²) in [7, 11) is 2.16.